The van der Waals surface area contributed by atoms with Crippen LogP contribution in [0.3, 0.4) is 0 Å². The van der Waals surface area contributed by atoms with Crippen LogP contribution in [0.4, 0.5) is 10.1 Å². The summed E-state index contributed by atoms with van der Waals surface area (Å²) in [6.45, 7) is 6.05. The molecule has 0 bridgehead atoms. The van der Waals surface area contributed by atoms with Crippen LogP contribution in [0.1, 0.15) is 47.3 Å². The van der Waals surface area contributed by atoms with Crippen LogP contribution >= 0.6 is 0 Å². The number of fused-ring (bicyclic) bond motifs is 1. The predicted molar refractivity (Wildman–Crippen MR) is 137 cm³/mol. The number of ketones is 1. The summed E-state index contributed by atoms with van der Waals surface area (Å²) < 4.78 is 23.3. The van der Waals surface area contributed by atoms with Gasteiger partial charge in [-0.3, -0.25) is 9.59 Å². The fraction of sp³-hybridized carbons (Fsp3) is 0.357. The normalized spacial score (nSPS) is 18.4. The number of pyridine rings is 1. The number of nitrogens with zero attached hydrogens (tertiary/aromatic N) is 2. The van der Waals surface area contributed by atoms with Crippen molar-refractivity contribution in [3.63, 3.8) is 0 Å². The summed E-state index contributed by atoms with van der Waals surface area (Å²) in [5.74, 6) is -0.554. The van der Waals surface area contributed by atoms with Crippen molar-refractivity contribution in [2.45, 2.75) is 38.8 Å². The topological polar surface area (TPSA) is 63.6 Å². The second kappa shape index (κ2) is 9.30. The number of benzene rings is 2. The van der Waals surface area contributed by atoms with E-state index in [0.717, 1.165) is 30.5 Å². The van der Waals surface area contributed by atoms with Crippen LogP contribution in [0.25, 0.3) is 17.0 Å². The Hall–Kier alpha value is -3.45. The molecular weight excluding hydrogens is 445 g/mol. The van der Waals surface area contributed by atoms with Crippen molar-refractivity contribution < 1.29 is 13.9 Å². The van der Waals surface area contributed by atoms with Crippen LogP contribution in [-0.4, -0.2) is 43.1 Å². The van der Waals surface area contributed by atoms with Crippen LogP contribution in [0, 0.1) is 12.7 Å². The van der Waals surface area contributed by atoms with E-state index in [2.05, 4.69) is 12.2 Å². The maximum atomic E-state index is 15.6. The molecule has 2 aliphatic rings. The summed E-state index contributed by atoms with van der Waals surface area (Å²) in [5, 5.41) is 3.54. The number of methoxy groups -OCH3 is 1. The first-order valence-corrected chi connectivity index (χ1v) is 12.1. The second-order valence-electron chi connectivity index (χ2n) is 9.56. The van der Waals surface area contributed by atoms with Crippen molar-refractivity contribution in [2.24, 2.45) is 0 Å². The van der Waals surface area contributed by atoms with Crippen LogP contribution < -0.4 is 20.4 Å². The third kappa shape index (κ3) is 4.48. The lowest BCUT2D eigenvalue weighted by Crippen LogP contribution is -2.49. The highest BCUT2D eigenvalue weighted by Gasteiger charge is 2.31. The van der Waals surface area contributed by atoms with Crippen molar-refractivity contribution in [3.8, 4) is 5.75 Å². The van der Waals surface area contributed by atoms with Gasteiger partial charge in [-0.2, -0.15) is 0 Å². The largest absolute Gasteiger partial charge is 0.492 e. The zero-order valence-electron chi connectivity index (χ0n) is 20.3. The molecule has 0 spiro atoms. The van der Waals surface area contributed by atoms with Crippen molar-refractivity contribution >= 4 is 28.4 Å². The number of allylic oxidation sites excluding steroid dienone is 1. The number of hydrogen-bond acceptors (Lipinski definition) is 5. The predicted octanol–water partition coefficient (Wildman–Crippen LogP) is 4.49. The highest BCUT2D eigenvalue weighted by molar-refractivity contribution is 6.08. The van der Waals surface area contributed by atoms with E-state index in [1.807, 2.05) is 40.7 Å². The lowest BCUT2D eigenvalue weighted by atomic mass is 10.0. The first-order chi connectivity index (χ1) is 16.9. The molecule has 5 rings (SSSR count). The van der Waals surface area contributed by atoms with E-state index in [-0.39, 0.29) is 23.0 Å². The van der Waals surface area contributed by atoms with Crippen LogP contribution in [0.15, 0.2) is 47.4 Å². The standard InChI is InChI=1S/C28H30FN3O3/c1-17-4-6-19(7-5-17)8-11-24(33)22-16-32(20-9-10-20)25-21(27(22)34)14-23(29)26(28(25)35-3)31-13-12-30-18(2)15-31/h4-8,11,14,16,18,20,30H,9-10,12-13,15H2,1-3H3. The van der Waals surface area contributed by atoms with Gasteiger partial charge in [-0.25, -0.2) is 4.39 Å². The summed E-state index contributed by atoms with van der Waals surface area (Å²) in [6.07, 6.45) is 6.61. The number of carbonyl (C=O) groups excluding carboxylic acids is 1. The van der Waals surface area contributed by atoms with Gasteiger partial charge in [0.25, 0.3) is 0 Å². The molecule has 182 valence electrons. The van der Waals surface area contributed by atoms with E-state index < -0.39 is 17.0 Å². The molecule has 0 amide bonds. The first-order valence-electron chi connectivity index (χ1n) is 12.1. The van der Waals surface area contributed by atoms with Gasteiger partial charge in [-0.1, -0.05) is 35.9 Å². The summed E-state index contributed by atoms with van der Waals surface area (Å²) in [6, 6.07) is 9.40. The molecule has 1 saturated heterocycles. The number of aryl methyl sites for hydroxylation is 1. The number of rotatable bonds is 6. The molecule has 6 nitrogen and oxygen atoms in total. The Kier molecular flexibility index (Phi) is 6.19. The van der Waals surface area contributed by atoms with Crippen molar-refractivity contribution in [1.82, 2.24) is 9.88 Å². The van der Waals surface area contributed by atoms with Gasteiger partial charge in [0.05, 0.1) is 23.6 Å². The Bertz CT molecular complexity index is 1370. The van der Waals surface area contributed by atoms with E-state index in [0.29, 0.717) is 30.0 Å². The molecule has 0 radical (unpaired) electrons. The monoisotopic (exact) mass is 475 g/mol. The molecule has 2 heterocycles. The Balaban J connectivity index is 1.64. The minimum Gasteiger partial charge on any atom is -0.492 e. The smallest absolute Gasteiger partial charge is 0.200 e. The number of aromatic nitrogens is 1. The number of carbonyl (C=O) groups is 1. The Morgan fingerprint density at radius 2 is 1.97 bits per heavy atom. The van der Waals surface area contributed by atoms with Crippen molar-refractivity contribution in [1.29, 1.82) is 0 Å². The van der Waals surface area contributed by atoms with E-state index in [1.54, 1.807) is 12.3 Å². The number of anilines is 1. The lowest BCUT2D eigenvalue weighted by molar-refractivity contribution is 0.104. The SMILES string of the molecule is COc1c(N2CCNC(C)C2)c(F)cc2c(=O)c(C(=O)C=Cc3ccc(C)cc3)cn(C3CC3)c12. The van der Waals surface area contributed by atoms with Gasteiger partial charge in [-0.05, 0) is 44.4 Å². The van der Waals surface area contributed by atoms with E-state index in [1.165, 1.54) is 19.3 Å². The zero-order valence-corrected chi connectivity index (χ0v) is 20.3. The fourth-order valence-electron chi connectivity index (χ4n) is 4.82. The molecule has 1 aromatic heterocycles. The Morgan fingerprint density at radius 3 is 2.63 bits per heavy atom. The fourth-order valence-corrected chi connectivity index (χ4v) is 4.82. The molecule has 1 aliphatic heterocycles. The van der Waals surface area contributed by atoms with Gasteiger partial charge in [0, 0.05) is 37.9 Å². The molecule has 2 fully saturated rings. The number of piperazine rings is 1. The van der Waals surface area contributed by atoms with E-state index in [4.69, 9.17) is 4.74 Å². The minimum atomic E-state index is -0.511. The maximum absolute atomic E-state index is 15.6. The van der Waals surface area contributed by atoms with Crippen molar-refractivity contribution in [3.05, 3.63) is 75.3 Å². The average Bonchev–Trinajstić information content (AvgIpc) is 3.68. The van der Waals surface area contributed by atoms with E-state index >= 15 is 4.39 Å². The number of nitrogens with one attached hydrogen (secondary N) is 1. The average molecular weight is 476 g/mol. The molecule has 1 N–H and O–H groups in total. The van der Waals surface area contributed by atoms with Crippen LogP contribution in [0.2, 0.25) is 0 Å². The Morgan fingerprint density at radius 1 is 1.23 bits per heavy atom. The van der Waals surface area contributed by atoms with Crippen LogP contribution in [-0.2, 0) is 0 Å². The highest BCUT2D eigenvalue weighted by Crippen LogP contribution is 2.43. The number of ether oxygens (including phenoxy) is 1. The lowest BCUT2D eigenvalue weighted by Gasteiger charge is -2.35. The molecule has 1 unspecified atom stereocenters. The zero-order chi connectivity index (χ0) is 24.7. The summed E-state index contributed by atoms with van der Waals surface area (Å²) in [5.41, 5.74) is 2.49. The third-order valence-corrected chi connectivity index (χ3v) is 6.80. The summed E-state index contributed by atoms with van der Waals surface area (Å²) >= 11 is 0. The molecule has 1 atom stereocenters. The van der Waals surface area contributed by atoms with Gasteiger partial charge < -0.3 is 19.5 Å². The molecule has 1 saturated carbocycles. The molecule has 2 aromatic carbocycles. The second-order valence-corrected chi connectivity index (χ2v) is 9.56. The number of halogens is 1. The van der Waals surface area contributed by atoms with Gasteiger partial charge in [0.15, 0.2) is 17.3 Å². The van der Waals surface area contributed by atoms with Gasteiger partial charge in [-0.15, -0.1) is 0 Å². The molecule has 35 heavy (non-hydrogen) atoms. The Labute approximate surface area is 204 Å². The molecule has 7 heteroatoms. The minimum absolute atomic E-state index is 0.0396. The quantitative estimate of drug-likeness (QED) is 0.421. The third-order valence-electron chi connectivity index (χ3n) is 6.80. The summed E-state index contributed by atoms with van der Waals surface area (Å²) in [4.78, 5) is 28.5. The van der Waals surface area contributed by atoms with Crippen LogP contribution in [0.5, 0.6) is 5.75 Å². The summed E-state index contributed by atoms with van der Waals surface area (Å²) in [7, 11) is 1.51. The van der Waals surface area contributed by atoms with Gasteiger partial charge >= 0.3 is 0 Å². The molecular formula is C28H30FN3O3. The molecule has 1 aliphatic carbocycles. The van der Waals surface area contributed by atoms with Gasteiger partial charge in [0.1, 0.15) is 5.69 Å². The first kappa shape index (κ1) is 23.3. The van der Waals surface area contributed by atoms with Crippen molar-refractivity contribution in [2.75, 3.05) is 31.6 Å². The highest BCUT2D eigenvalue weighted by atomic mass is 19.1. The van der Waals surface area contributed by atoms with E-state index in [9.17, 15) is 9.59 Å². The number of hydrogen-bond donors (Lipinski definition) is 1. The maximum Gasteiger partial charge on any atom is 0.200 e. The van der Waals surface area contributed by atoms with Gasteiger partial charge in [0.2, 0.25) is 5.43 Å². The molecule has 3 aromatic rings.